The van der Waals surface area contributed by atoms with E-state index in [0.29, 0.717) is 27.2 Å². The Labute approximate surface area is 160 Å². The highest BCUT2D eigenvalue weighted by molar-refractivity contribution is 7.20. The average molecular weight is 389 g/mol. The third-order valence-electron chi connectivity index (χ3n) is 5.45. The molecule has 1 fully saturated rings. The fraction of sp³-hybridized carbons (Fsp3) is 0.579. The highest BCUT2D eigenvalue weighted by Crippen LogP contribution is 2.29. The van der Waals surface area contributed by atoms with E-state index in [1.807, 2.05) is 0 Å². The van der Waals surface area contributed by atoms with Gasteiger partial charge in [0.15, 0.2) is 6.10 Å². The molecule has 2 aliphatic rings. The highest BCUT2D eigenvalue weighted by atomic mass is 32.1. The van der Waals surface area contributed by atoms with Crippen molar-refractivity contribution in [2.24, 2.45) is 0 Å². The summed E-state index contributed by atoms with van der Waals surface area (Å²) in [6.45, 7) is 3.99. The first kappa shape index (κ1) is 18.2. The molecule has 1 aliphatic carbocycles. The summed E-state index contributed by atoms with van der Waals surface area (Å²) in [5.74, 6) is -0.0710. The van der Waals surface area contributed by atoms with Crippen molar-refractivity contribution in [1.29, 1.82) is 0 Å². The number of rotatable bonds is 4. The normalized spacial score (nSPS) is 17.9. The molecule has 1 amide bonds. The molecule has 7 nitrogen and oxygen atoms in total. The van der Waals surface area contributed by atoms with E-state index in [1.165, 1.54) is 11.3 Å². The van der Waals surface area contributed by atoms with Gasteiger partial charge < -0.3 is 10.1 Å². The second-order valence-electron chi connectivity index (χ2n) is 7.36. The van der Waals surface area contributed by atoms with Crippen LogP contribution >= 0.6 is 11.3 Å². The van der Waals surface area contributed by atoms with E-state index in [4.69, 9.17) is 4.74 Å². The summed E-state index contributed by atoms with van der Waals surface area (Å²) in [6, 6.07) is 0.177. The van der Waals surface area contributed by atoms with Gasteiger partial charge in [0.1, 0.15) is 15.5 Å². The Kier molecular flexibility index (Phi) is 4.75. The molecule has 1 saturated carbocycles. The van der Waals surface area contributed by atoms with Crippen molar-refractivity contribution in [3.63, 3.8) is 0 Å². The maximum absolute atomic E-state index is 12.7. The van der Waals surface area contributed by atoms with Gasteiger partial charge in [0.05, 0.1) is 5.39 Å². The largest absolute Gasteiger partial charge is 0.448 e. The summed E-state index contributed by atoms with van der Waals surface area (Å²) in [6.07, 6.45) is 5.01. The zero-order valence-electron chi connectivity index (χ0n) is 15.5. The second-order valence-corrected chi connectivity index (χ2v) is 8.36. The van der Waals surface area contributed by atoms with E-state index in [9.17, 15) is 14.4 Å². The Morgan fingerprint density at radius 2 is 2.04 bits per heavy atom. The first-order valence-electron chi connectivity index (χ1n) is 9.50. The van der Waals surface area contributed by atoms with Crippen LogP contribution in [0.15, 0.2) is 4.79 Å². The lowest BCUT2D eigenvalue weighted by molar-refractivity contribution is -0.129. The second kappa shape index (κ2) is 7.07. The number of aryl methyl sites for hydroxylation is 2. The standard InChI is InChI=1S/C19H23N3O4S/c1-10-14-17(21-13-8-5-9-22(13)18(14)24)27-15(10)19(25)26-11(2)16(23)20-12-6-3-4-7-12/h11-12H,3-9H2,1-2H3,(H,20,23)/t11-/m1/s1. The number of nitrogens with zero attached hydrogens (tertiary/aromatic N) is 2. The lowest BCUT2D eigenvalue weighted by Crippen LogP contribution is -2.40. The Morgan fingerprint density at radius 3 is 2.78 bits per heavy atom. The SMILES string of the molecule is Cc1c(C(=O)O[C@H](C)C(=O)NC2CCCC2)sc2nc3n(c(=O)c12)CCC3. The summed E-state index contributed by atoms with van der Waals surface area (Å²) < 4.78 is 7.07. The van der Waals surface area contributed by atoms with E-state index in [1.54, 1.807) is 18.4 Å². The molecule has 0 bridgehead atoms. The summed E-state index contributed by atoms with van der Waals surface area (Å²) in [5, 5.41) is 3.42. The van der Waals surface area contributed by atoms with Gasteiger partial charge in [-0.2, -0.15) is 0 Å². The number of carbonyl (C=O) groups is 2. The number of ether oxygens (including phenoxy) is 1. The minimum atomic E-state index is -0.873. The molecule has 1 atom stereocenters. The van der Waals surface area contributed by atoms with Crippen LogP contribution in [0.2, 0.25) is 0 Å². The number of aromatic nitrogens is 2. The van der Waals surface area contributed by atoms with Crippen LogP contribution in [-0.4, -0.2) is 33.6 Å². The molecule has 8 heteroatoms. The van der Waals surface area contributed by atoms with E-state index >= 15 is 0 Å². The minimum absolute atomic E-state index is 0.0904. The van der Waals surface area contributed by atoms with Crippen molar-refractivity contribution in [3.05, 3.63) is 26.6 Å². The number of amides is 1. The van der Waals surface area contributed by atoms with Crippen LogP contribution in [0.5, 0.6) is 0 Å². The van der Waals surface area contributed by atoms with Crippen molar-refractivity contribution < 1.29 is 14.3 Å². The van der Waals surface area contributed by atoms with Crippen LogP contribution in [0.1, 0.15) is 60.1 Å². The Balaban J connectivity index is 1.54. The third-order valence-corrected chi connectivity index (χ3v) is 6.62. The smallest absolute Gasteiger partial charge is 0.349 e. The third kappa shape index (κ3) is 3.26. The molecule has 2 aromatic heterocycles. The lowest BCUT2D eigenvalue weighted by atomic mass is 10.2. The molecule has 1 aliphatic heterocycles. The zero-order valence-corrected chi connectivity index (χ0v) is 16.4. The van der Waals surface area contributed by atoms with Gasteiger partial charge in [-0.05, 0) is 38.7 Å². The van der Waals surface area contributed by atoms with Crippen LogP contribution < -0.4 is 10.9 Å². The molecule has 0 aromatic carbocycles. The van der Waals surface area contributed by atoms with Crippen LogP contribution in [0.3, 0.4) is 0 Å². The summed E-state index contributed by atoms with van der Waals surface area (Å²) in [5.41, 5.74) is 0.496. The molecule has 0 saturated heterocycles. The summed E-state index contributed by atoms with van der Waals surface area (Å²) >= 11 is 1.17. The number of hydrogen-bond donors (Lipinski definition) is 1. The van der Waals surface area contributed by atoms with E-state index < -0.39 is 12.1 Å². The molecule has 0 radical (unpaired) electrons. The monoisotopic (exact) mass is 389 g/mol. The number of fused-ring (bicyclic) bond motifs is 2. The molecule has 144 valence electrons. The number of hydrogen-bond acceptors (Lipinski definition) is 6. The van der Waals surface area contributed by atoms with Crippen molar-refractivity contribution in [2.45, 2.75) is 71.1 Å². The highest BCUT2D eigenvalue weighted by Gasteiger charge is 2.27. The molecule has 0 unspecified atom stereocenters. The predicted octanol–water partition coefficient (Wildman–Crippen LogP) is 2.32. The van der Waals surface area contributed by atoms with E-state index in [-0.39, 0.29) is 17.5 Å². The summed E-state index contributed by atoms with van der Waals surface area (Å²) in [7, 11) is 0. The van der Waals surface area contributed by atoms with Gasteiger partial charge in [0.25, 0.3) is 11.5 Å². The number of carbonyl (C=O) groups excluding carboxylic acids is 2. The Bertz CT molecular complexity index is 971. The maximum Gasteiger partial charge on any atom is 0.349 e. The van der Waals surface area contributed by atoms with Crippen LogP contribution in [-0.2, 0) is 22.5 Å². The number of esters is 1. The first-order chi connectivity index (χ1) is 13.0. The molecule has 27 heavy (non-hydrogen) atoms. The first-order valence-corrected chi connectivity index (χ1v) is 10.3. The zero-order chi connectivity index (χ0) is 19.1. The van der Waals surface area contributed by atoms with Crippen LogP contribution in [0.4, 0.5) is 0 Å². The van der Waals surface area contributed by atoms with Crippen LogP contribution in [0.25, 0.3) is 10.2 Å². The molecule has 4 rings (SSSR count). The van der Waals surface area contributed by atoms with Gasteiger partial charge in [-0.15, -0.1) is 11.3 Å². The minimum Gasteiger partial charge on any atom is -0.448 e. The van der Waals surface area contributed by atoms with Gasteiger partial charge in [0, 0.05) is 19.0 Å². The maximum atomic E-state index is 12.7. The van der Waals surface area contributed by atoms with E-state index in [0.717, 1.165) is 44.3 Å². The van der Waals surface area contributed by atoms with Crippen molar-refractivity contribution in [3.8, 4) is 0 Å². The van der Waals surface area contributed by atoms with Gasteiger partial charge in [-0.25, -0.2) is 9.78 Å². The van der Waals surface area contributed by atoms with Crippen molar-refractivity contribution >= 4 is 33.4 Å². The van der Waals surface area contributed by atoms with Gasteiger partial charge in [-0.1, -0.05) is 12.8 Å². The number of thiophene rings is 1. The average Bonchev–Trinajstić information content (AvgIpc) is 3.35. The number of nitrogens with one attached hydrogen (secondary N) is 1. The predicted molar refractivity (Wildman–Crippen MR) is 102 cm³/mol. The lowest BCUT2D eigenvalue weighted by Gasteiger charge is -2.17. The fourth-order valence-electron chi connectivity index (χ4n) is 3.93. The van der Waals surface area contributed by atoms with Crippen molar-refractivity contribution in [1.82, 2.24) is 14.9 Å². The molecule has 0 spiro atoms. The molecule has 3 heterocycles. The van der Waals surface area contributed by atoms with Crippen LogP contribution in [0, 0.1) is 6.92 Å². The van der Waals surface area contributed by atoms with Gasteiger partial charge in [-0.3, -0.25) is 14.2 Å². The molecule has 2 aromatic rings. The Morgan fingerprint density at radius 1 is 1.30 bits per heavy atom. The quantitative estimate of drug-likeness (QED) is 0.811. The topological polar surface area (TPSA) is 90.3 Å². The summed E-state index contributed by atoms with van der Waals surface area (Å²) in [4.78, 5) is 43.1. The fourth-order valence-corrected chi connectivity index (χ4v) is 5.00. The van der Waals surface area contributed by atoms with Crippen molar-refractivity contribution in [2.75, 3.05) is 0 Å². The molecular formula is C19H23N3O4S. The molecular weight excluding hydrogens is 366 g/mol. The van der Waals surface area contributed by atoms with E-state index in [2.05, 4.69) is 10.3 Å². The van der Waals surface area contributed by atoms with Gasteiger partial charge in [0.2, 0.25) is 0 Å². The van der Waals surface area contributed by atoms with Gasteiger partial charge >= 0.3 is 5.97 Å². The Hall–Kier alpha value is -2.22. The molecule has 1 N–H and O–H groups in total.